The monoisotopic (exact) mass is 388 g/mol. The van der Waals surface area contributed by atoms with Crippen LogP contribution in [0.15, 0.2) is 53.0 Å². The molecule has 1 amide bonds. The first-order chi connectivity index (χ1) is 11.3. The minimum absolute atomic E-state index is 0.0113. The molecule has 2 aromatic carbocycles. The molecule has 0 aromatic heterocycles. The maximum Gasteiger partial charge on any atom is 0.251 e. The quantitative estimate of drug-likeness (QED) is 0.788. The van der Waals surface area contributed by atoms with Gasteiger partial charge in [-0.2, -0.15) is 0 Å². The third kappa shape index (κ3) is 5.38. The number of carbonyl (C=O) groups excluding carboxylic acids is 1. The van der Waals surface area contributed by atoms with Crippen LogP contribution in [0.5, 0.6) is 0 Å². The first-order valence-electron chi connectivity index (χ1n) is 8.07. The van der Waals surface area contributed by atoms with Crippen molar-refractivity contribution in [3.63, 3.8) is 0 Å². The van der Waals surface area contributed by atoms with E-state index in [1.54, 1.807) is 0 Å². The largest absolute Gasteiger partial charge is 0.378 e. The third-order valence-corrected chi connectivity index (χ3v) is 4.48. The summed E-state index contributed by atoms with van der Waals surface area (Å²) < 4.78 is 1.08. The molecule has 1 N–H and O–H groups in total. The van der Waals surface area contributed by atoms with Gasteiger partial charge in [0.25, 0.3) is 5.91 Å². The zero-order valence-corrected chi connectivity index (χ0v) is 16.4. The molecule has 24 heavy (non-hydrogen) atoms. The Morgan fingerprint density at radius 1 is 1.12 bits per heavy atom. The SMILES string of the molecule is CN(C)c1cccc(C(=O)NCC(C)(C)Cc2ccc(Br)cc2)c1. The van der Waals surface area contributed by atoms with Gasteiger partial charge in [0.15, 0.2) is 0 Å². The number of hydrogen-bond acceptors (Lipinski definition) is 2. The smallest absolute Gasteiger partial charge is 0.251 e. The lowest BCUT2D eigenvalue weighted by Crippen LogP contribution is -2.35. The first-order valence-corrected chi connectivity index (χ1v) is 8.86. The van der Waals surface area contributed by atoms with Crippen LogP contribution >= 0.6 is 15.9 Å². The highest BCUT2D eigenvalue weighted by Crippen LogP contribution is 2.22. The lowest BCUT2D eigenvalue weighted by atomic mass is 9.85. The molecule has 0 aliphatic carbocycles. The fourth-order valence-electron chi connectivity index (χ4n) is 2.56. The number of rotatable bonds is 6. The molecular weight excluding hydrogens is 364 g/mol. The van der Waals surface area contributed by atoms with Gasteiger partial charge in [0, 0.05) is 36.4 Å². The topological polar surface area (TPSA) is 32.3 Å². The summed E-state index contributed by atoms with van der Waals surface area (Å²) in [6.07, 6.45) is 0.915. The molecule has 0 fully saturated rings. The van der Waals surface area contributed by atoms with Crippen molar-refractivity contribution in [1.29, 1.82) is 0 Å². The van der Waals surface area contributed by atoms with Crippen molar-refractivity contribution >= 4 is 27.5 Å². The summed E-state index contributed by atoms with van der Waals surface area (Å²) >= 11 is 3.46. The second-order valence-corrected chi connectivity index (χ2v) is 8.01. The van der Waals surface area contributed by atoms with Crippen LogP contribution in [0.25, 0.3) is 0 Å². The summed E-state index contributed by atoms with van der Waals surface area (Å²) in [7, 11) is 3.94. The molecule has 0 unspecified atom stereocenters. The van der Waals surface area contributed by atoms with Gasteiger partial charge in [-0.1, -0.05) is 48.0 Å². The van der Waals surface area contributed by atoms with Gasteiger partial charge in [0.05, 0.1) is 0 Å². The van der Waals surface area contributed by atoms with Crippen molar-refractivity contribution in [3.05, 3.63) is 64.1 Å². The molecule has 0 spiro atoms. The summed E-state index contributed by atoms with van der Waals surface area (Å²) in [5.41, 5.74) is 2.98. The van der Waals surface area contributed by atoms with E-state index >= 15 is 0 Å². The molecule has 0 saturated heterocycles. The Balaban J connectivity index is 1.96. The fraction of sp³-hybridized carbons (Fsp3) is 0.350. The van der Waals surface area contributed by atoms with Gasteiger partial charge in [-0.15, -0.1) is 0 Å². The Morgan fingerprint density at radius 3 is 2.42 bits per heavy atom. The molecular formula is C20H25BrN2O. The van der Waals surface area contributed by atoms with Crippen LogP contribution in [0.3, 0.4) is 0 Å². The minimum Gasteiger partial charge on any atom is -0.378 e. The van der Waals surface area contributed by atoms with E-state index in [2.05, 4.69) is 59.4 Å². The molecule has 3 nitrogen and oxygen atoms in total. The second-order valence-electron chi connectivity index (χ2n) is 7.09. The molecule has 0 radical (unpaired) electrons. The van der Waals surface area contributed by atoms with E-state index in [0.717, 1.165) is 16.6 Å². The molecule has 4 heteroatoms. The van der Waals surface area contributed by atoms with Gasteiger partial charge in [0.2, 0.25) is 0 Å². The Kier molecular flexibility index (Phi) is 6.05. The van der Waals surface area contributed by atoms with Crippen LogP contribution in [0.2, 0.25) is 0 Å². The molecule has 2 rings (SSSR count). The first kappa shape index (κ1) is 18.5. The lowest BCUT2D eigenvalue weighted by molar-refractivity contribution is 0.0936. The van der Waals surface area contributed by atoms with Gasteiger partial charge in [-0.25, -0.2) is 0 Å². The van der Waals surface area contributed by atoms with E-state index in [-0.39, 0.29) is 11.3 Å². The number of benzene rings is 2. The normalized spacial score (nSPS) is 11.2. The standard InChI is InChI=1S/C20H25BrN2O/c1-20(2,13-15-8-10-17(21)11-9-15)14-22-19(24)16-6-5-7-18(12-16)23(3)4/h5-12H,13-14H2,1-4H3,(H,22,24). The van der Waals surface area contributed by atoms with E-state index in [4.69, 9.17) is 0 Å². The molecule has 0 heterocycles. The average Bonchev–Trinajstić information content (AvgIpc) is 2.55. The summed E-state index contributed by atoms with van der Waals surface area (Å²) in [6.45, 7) is 4.98. The predicted molar refractivity (Wildman–Crippen MR) is 105 cm³/mol. The number of carbonyl (C=O) groups is 1. The van der Waals surface area contributed by atoms with Gasteiger partial charge in [0.1, 0.15) is 0 Å². The zero-order valence-electron chi connectivity index (χ0n) is 14.8. The second kappa shape index (κ2) is 7.84. The van der Waals surface area contributed by atoms with Gasteiger partial charge >= 0.3 is 0 Å². The van der Waals surface area contributed by atoms with Crippen molar-refractivity contribution in [1.82, 2.24) is 5.32 Å². The number of amides is 1. The van der Waals surface area contributed by atoms with Crippen LogP contribution in [0.4, 0.5) is 5.69 Å². The highest BCUT2D eigenvalue weighted by atomic mass is 79.9. The summed E-state index contributed by atoms with van der Waals surface area (Å²) in [4.78, 5) is 14.4. The minimum atomic E-state index is -0.0254. The van der Waals surface area contributed by atoms with E-state index in [1.807, 2.05) is 43.3 Å². The number of nitrogens with zero attached hydrogens (tertiary/aromatic N) is 1. The van der Waals surface area contributed by atoms with Crippen molar-refractivity contribution in [3.8, 4) is 0 Å². The Bertz CT molecular complexity index is 693. The number of anilines is 1. The van der Waals surface area contributed by atoms with Gasteiger partial charge < -0.3 is 10.2 Å². The Labute approximate surface area is 153 Å². The molecule has 0 bridgehead atoms. The van der Waals surface area contributed by atoms with Crippen molar-refractivity contribution in [2.75, 3.05) is 25.5 Å². The molecule has 128 valence electrons. The predicted octanol–water partition coefficient (Wildman–Crippen LogP) is 4.51. The molecule has 0 aliphatic rings. The van der Waals surface area contributed by atoms with Crippen LogP contribution in [-0.2, 0) is 6.42 Å². The van der Waals surface area contributed by atoms with Crippen LogP contribution in [0.1, 0.15) is 29.8 Å². The summed E-state index contributed by atoms with van der Waals surface area (Å²) in [6, 6.07) is 16.0. The number of hydrogen-bond donors (Lipinski definition) is 1. The van der Waals surface area contributed by atoms with E-state index in [9.17, 15) is 4.79 Å². The maximum absolute atomic E-state index is 12.4. The highest BCUT2D eigenvalue weighted by Gasteiger charge is 2.20. The van der Waals surface area contributed by atoms with Crippen LogP contribution in [-0.4, -0.2) is 26.5 Å². The lowest BCUT2D eigenvalue weighted by Gasteiger charge is -2.25. The zero-order chi connectivity index (χ0) is 17.7. The van der Waals surface area contributed by atoms with Gasteiger partial charge in [-0.05, 0) is 47.7 Å². The molecule has 2 aromatic rings. The van der Waals surface area contributed by atoms with E-state index < -0.39 is 0 Å². The number of halogens is 1. The van der Waals surface area contributed by atoms with Crippen molar-refractivity contribution < 1.29 is 4.79 Å². The van der Waals surface area contributed by atoms with Crippen molar-refractivity contribution in [2.45, 2.75) is 20.3 Å². The number of nitrogens with one attached hydrogen (secondary N) is 1. The maximum atomic E-state index is 12.4. The van der Waals surface area contributed by atoms with Crippen LogP contribution in [0, 0.1) is 5.41 Å². The summed E-state index contributed by atoms with van der Waals surface area (Å²) in [5.74, 6) is -0.0254. The average molecular weight is 389 g/mol. The van der Waals surface area contributed by atoms with Crippen molar-refractivity contribution in [2.24, 2.45) is 5.41 Å². The fourth-order valence-corrected chi connectivity index (χ4v) is 2.83. The van der Waals surface area contributed by atoms with Crippen LogP contribution < -0.4 is 10.2 Å². The summed E-state index contributed by atoms with van der Waals surface area (Å²) in [5, 5.41) is 3.07. The molecule has 0 aliphatic heterocycles. The van der Waals surface area contributed by atoms with E-state index in [1.165, 1.54) is 5.56 Å². The van der Waals surface area contributed by atoms with E-state index in [0.29, 0.717) is 12.1 Å². The molecule has 0 atom stereocenters. The molecule has 0 saturated carbocycles. The Morgan fingerprint density at radius 2 is 1.79 bits per heavy atom. The Hall–Kier alpha value is -1.81. The van der Waals surface area contributed by atoms with Gasteiger partial charge in [-0.3, -0.25) is 4.79 Å². The highest BCUT2D eigenvalue weighted by molar-refractivity contribution is 9.10. The third-order valence-electron chi connectivity index (χ3n) is 3.95.